The van der Waals surface area contributed by atoms with E-state index in [1.54, 1.807) is 5.38 Å². The Morgan fingerprint density at radius 3 is 2.44 bits per heavy atom. The van der Waals surface area contributed by atoms with Crippen molar-refractivity contribution >= 4 is 44.8 Å². The van der Waals surface area contributed by atoms with E-state index in [1.807, 2.05) is 42.6 Å². The van der Waals surface area contributed by atoms with E-state index in [0.717, 1.165) is 11.3 Å². The van der Waals surface area contributed by atoms with Gasteiger partial charge in [-0.1, -0.05) is 30.3 Å². The van der Waals surface area contributed by atoms with Crippen molar-refractivity contribution in [3.8, 4) is 0 Å². The summed E-state index contributed by atoms with van der Waals surface area (Å²) in [7, 11) is 0. The minimum atomic E-state index is -0.338. The van der Waals surface area contributed by atoms with E-state index in [1.165, 1.54) is 22.7 Å². The lowest BCUT2D eigenvalue weighted by atomic mass is 10.1. The van der Waals surface area contributed by atoms with Crippen LogP contribution in [0.3, 0.4) is 0 Å². The van der Waals surface area contributed by atoms with Gasteiger partial charge in [0.25, 0.3) is 5.91 Å². The summed E-state index contributed by atoms with van der Waals surface area (Å²) >= 11 is 2.58. The first-order chi connectivity index (χ1) is 12.1. The maximum Gasteiger partial charge on any atom is 0.276 e. The van der Waals surface area contributed by atoms with Crippen LogP contribution in [0.25, 0.3) is 0 Å². The highest BCUT2D eigenvalue weighted by molar-refractivity contribution is 7.14. The first-order valence-corrected chi connectivity index (χ1v) is 9.39. The lowest BCUT2D eigenvalue weighted by molar-refractivity contribution is -0.116. The van der Waals surface area contributed by atoms with Crippen LogP contribution < -0.4 is 10.6 Å². The Balaban J connectivity index is 1.52. The second kappa shape index (κ2) is 8.00. The zero-order valence-electron chi connectivity index (χ0n) is 13.5. The number of carbonyl (C=O) groups is 2. The standard InChI is InChI=1S/C17H16N4O2S2/c1-11-9-24-16(18-11)21-15(23)13-10-25-17(19-13)20-14(22)8-7-12-5-3-2-4-6-12/h2-6,9-10H,7-8H2,1H3,(H,18,21,23)(H,19,20,22). The fraction of sp³-hybridized carbons (Fsp3) is 0.176. The van der Waals surface area contributed by atoms with Crippen LogP contribution in [-0.2, 0) is 11.2 Å². The molecule has 2 heterocycles. The highest BCUT2D eigenvalue weighted by atomic mass is 32.1. The first kappa shape index (κ1) is 17.2. The summed E-state index contributed by atoms with van der Waals surface area (Å²) in [4.78, 5) is 32.5. The Hall–Kier alpha value is -2.58. The molecule has 0 spiro atoms. The summed E-state index contributed by atoms with van der Waals surface area (Å²) in [5.74, 6) is -0.462. The fourth-order valence-corrected chi connectivity index (χ4v) is 3.48. The van der Waals surface area contributed by atoms with Crippen molar-refractivity contribution in [2.45, 2.75) is 19.8 Å². The molecule has 2 aromatic heterocycles. The van der Waals surface area contributed by atoms with Gasteiger partial charge in [-0.25, -0.2) is 9.97 Å². The van der Waals surface area contributed by atoms with Crippen molar-refractivity contribution in [1.29, 1.82) is 0 Å². The smallest absolute Gasteiger partial charge is 0.276 e. The van der Waals surface area contributed by atoms with E-state index in [0.29, 0.717) is 23.1 Å². The van der Waals surface area contributed by atoms with Crippen LogP contribution in [0.5, 0.6) is 0 Å². The zero-order chi connectivity index (χ0) is 17.6. The minimum absolute atomic E-state index is 0.124. The molecule has 0 fully saturated rings. The van der Waals surface area contributed by atoms with Crippen molar-refractivity contribution < 1.29 is 9.59 Å². The number of nitrogens with zero attached hydrogens (tertiary/aromatic N) is 2. The minimum Gasteiger partial charge on any atom is -0.302 e. The molecular formula is C17H16N4O2S2. The highest BCUT2D eigenvalue weighted by Gasteiger charge is 2.14. The molecule has 0 saturated heterocycles. The van der Waals surface area contributed by atoms with Crippen molar-refractivity contribution in [3.05, 3.63) is 58.0 Å². The number of hydrogen-bond donors (Lipinski definition) is 2. The summed E-state index contributed by atoms with van der Waals surface area (Å²) in [6.45, 7) is 1.86. The predicted octanol–water partition coefficient (Wildman–Crippen LogP) is 3.73. The van der Waals surface area contributed by atoms with Gasteiger partial charge in [-0.2, -0.15) is 0 Å². The Bertz CT molecular complexity index is 874. The number of nitrogens with one attached hydrogen (secondary N) is 2. The van der Waals surface area contributed by atoms with E-state index in [2.05, 4.69) is 20.6 Å². The number of aromatic nitrogens is 2. The second-order valence-corrected chi connectivity index (χ2v) is 7.04. The van der Waals surface area contributed by atoms with Crippen LogP contribution in [0.1, 0.15) is 28.2 Å². The molecular weight excluding hydrogens is 356 g/mol. The summed E-state index contributed by atoms with van der Waals surface area (Å²) in [5, 5.41) is 9.84. The number of carbonyl (C=O) groups excluding carboxylic acids is 2. The Kier molecular flexibility index (Phi) is 5.52. The molecule has 8 heteroatoms. The molecule has 0 aliphatic heterocycles. The topological polar surface area (TPSA) is 84.0 Å². The van der Waals surface area contributed by atoms with Gasteiger partial charge >= 0.3 is 0 Å². The zero-order valence-corrected chi connectivity index (χ0v) is 15.1. The van der Waals surface area contributed by atoms with Crippen LogP contribution in [0.15, 0.2) is 41.1 Å². The van der Waals surface area contributed by atoms with Crippen LogP contribution in [0.4, 0.5) is 10.3 Å². The SMILES string of the molecule is Cc1csc(NC(=O)c2csc(NC(=O)CCc3ccccc3)n2)n1. The molecule has 0 saturated carbocycles. The molecule has 1 aromatic carbocycles. The number of anilines is 2. The van der Waals surface area contributed by atoms with Gasteiger partial charge in [0.2, 0.25) is 5.91 Å². The van der Waals surface area contributed by atoms with Crippen molar-refractivity contribution in [2.24, 2.45) is 0 Å². The molecule has 0 aliphatic carbocycles. The van der Waals surface area contributed by atoms with Crippen molar-refractivity contribution in [2.75, 3.05) is 10.6 Å². The van der Waals surface area contributed by atoms with Gasteiger partial charge in [-0.15, -0.1) is 22.7 Å². The number of benzene rings is 1. The lowest BCUT2D eigenvalue weighted by Crippen LogP contribution is -2.14. The third-order valence-electron chi connectivity index (χ3n) is 3.31. The van der Waals surface area contributed by atoms with Gasteiger partial charge in [-0.05, 0) is 18.9 Å². The number of amides is 2. The highest BCUT2D eigenvalue weighted by Crippen LogP contribution is 2.19. The predicted molar refractivity (Wildman–Crippen MR) is 100 cm³/mol. The van der Waals surface area contributed by atoms with Crippen LogP contribution in [0.2, 0.25) is 0 Å². The van der Waals surface area contributed by atoms with Gasteiger partial charge in [0, 0.05) is 17.2 Å². The van der Waals surface area contributed by atoms with Gasteiger partial charge in [-0.3, -0.25) is 14.9 Å². The monoisotopic (exact) mass is 372 g/mol. The van der Waals surface area contributed by atoms with Gasteiger partial charge in [0.1, 0.15) is 5.69 Å². The molecule has 2 amide bonds. The van der Waals surface area contributed by atoms with E-state index in [9.17, 15) is 9.59 Å². The molecule has 25 heavy (non-hydrogen) atoms. The molecule has 0 bridgehead atoms. The molecule has 0 radical (unpaired) electrons. The summed E-state index contributed by atoms with van der Waals surface area (Å²) in [5.41, 5.74) is 2.22. The van der Waals surface area contributed by atoms with E-state index >= 15 is 0 Å². The second-order valence-electron chi connectivity index (χ2n) is 5.32. The fourth-order valence-electron chi connectivity index (χ4n) is 2.09. The third-order valence-corrected chi connectivity index (χ3v) is 4.94. The van der Waals surface area contributed by atoms with Crippen molar-refractivity contribution in [1.82, 2.24) is 9.97 Å². The normalized spacial score (nSPS) is 10.4. The van der Waals surface area contributed by atoms with E-state index in [-0.39, 0.29) is 17.5 Å². The average molecular weight is 372 g/mol. The third kappa shape index (κ3) is 4.94. The molecule has 0 unspecified atom stereocenters. The quantitative estimate of drug-likeness (QED) is 0.690. The summed E-state index contributed by atoms with van der Waals surface area (Å²) in [6, 6.07) is 9.81. The number of thiazole rings is 2. The maximum absolute atomic E-state index is 12.1. The number of hydrogen-bond acceptors (Lipinski definition) is 6. The average Bonchev–Trinajstić information content (AvgIpc) is 3.23. The lowest BCUT2D eigenvalue weighted by Gasteiger charge is -2.02. The van der Waals surface area contributed by atoms with Crippen LogP contribution >= 0.6 is 22.7 Å². The Labute approximate surface area is 153 Å². The van der Waals surface area contributed by atoms with Gasteiger partial charge < -0.3 is 5.32 Å². The van der Waals surface area contributed by atoms with Crippen LogP contribution in [-0.4, -0.2) is 21.8 Å². The Morgan fingerprint density at radius 2 is 1.72 bits per heavy atom. The van der Waals surface area contributed by atoms with Gasteiger partial charge in [0.05, 0.1) is 5.69 Å². The van der Waals surface area contributed by atoms with Crippen LogP contribution in [0, 0.1) is 6.92 Å². The van der Waals surface area contributed by atoms with E-state index in [4.69, 9.17) is 0 Å². The Morgan fingerprint density at radius 1 is 1.00 bits per heavy atom. The largest absolute Gasteiger partial charge is 0.302 e. The summed E-state index contributed by atoms with van der Waals surface area (Å²) < 4.78 is 0. The molecule has 3 rings (SSSR count). The summed E-state index contributed by atoms with van der Waals surface area (Å²) in [6.07, 6.45) is 1.03. The number of rotatable bonds is 6. The number of aryl methyl sites for hydroxylation is 2. The van der Waals surface area contributed by atoms with E-state index < -0.39 is 0 Å². The van der Waals surface area contributed by atoms with Crippen molar-refractivity contribution in [3.63, 3.8) is 0 Å². The molecule has 128 valence electrons. The molecule has 3 aromatic rings. The molecule has 0 atom stereocenters. The molecule has 0 aliphatic rings. The van der Waals surface area contributed by atoms with Gasteiger partial charge in [0.15, 0.2) is 10.3 Å². The molecule has 2 N–H and O–H groups in total. The molecule has 6 nitrogen and oxygen atoms in total. The maximum atomic E-state index is 12.1. The first-order valence-electron chi connectivity index (χ1n) is 7.63.